The summed E-state index contributed by atoms with van der Waals surface area (Å²) in [5.41, 5.74) is 11.6. The number of pyridine rings is 1. The minimum absolute atomic E-state index is 0.357. The molecule has 1 aliphatic rings. The number of nitrogens with two attached hydrogens (primary N) is 2. The molecule has 5 N–H and O–H groups in total. The van der Waals surface area contributed by atoms with Crippen molar-refractivity contribution >= 4 is 17.4 Å². The highest BCUT2D eigenvalue weighted by atomic mass is 16.1. The number of hydrogen-bond donors (Lipinski definition) is 3. The molecule has 0 unspecified atom stereocenters. The zero-order valence-corrected chi connectivity index (χ0v) is 8.36. The Morgan fingerprint density at radius 3 is 2.93 bits per heavy atom. The number of primary amides is 1. The molecule has 1 fully saturated rings. The first-order valence-electron chi connectivity index (χ1n) is 4.96. The number of aromatic nitrogens is 1. The Kier molecular flexibility index (Phi) is 2.45. The number of carbonyl (C=O) groups excluding carboxylic acids is 1. The van der Waals surface area contributed by atoms with Gasteiger partial charge in [-0.25, -0.2) is 4.98 Å². The highest BCUT2D eigenvalue weighted by molar-refractivity contribution is 5.98. The van der Waals surface area contributed by atoms with Gasteiger partial charge in [-0.1, -0.05) is 0 Å². The van der Waals surface area contributed by atoms with Crippen molar-refractivity contribution in [1.82, 2.24) is 4.98 Å². The molecule has 0 radical (unpaired) electrons. The van der Waals surface area contributed by atoms with Crippen molar-refractivity contribution < 1.29 is 4.79 Å². The van der Waals surface area contributed by atoms with Crippen LogP contribution in [0.25, 0.3) is 0 Å². The third-order valence-corrected chi connectivity index (χ3v) is 2.43. The van der Waals surface area contributed by atoms with Gasteiger partial charge in [0.05, 0.1) is 17.4 Å². The zero-order valence-electron chi connectivity index (χ0n) is 8.36. The molecule has 1 aromatic rings. The van der Waals surface area contributed by atoms with Gasteiger partial charge < -0.3 is 16.8 Å². The molecule has 1 amide bonds. The van der Waals surface area contributed by atoms with Crippen LogP contribution in [0.2, 0.25) is 0 Å². The van der Waals surface area contributed by atoms with Crippen molar-refractivity contribution in [2.24, 2.45) is 11.7 Å². The van der Waals surface area contributed by atoms with Crippen LogP contribution in [0.3, 0.4) is 0 Å². The van der Waals surface area contributed by atoms with Crippen molar-refractivity contribution in [3.05, 3.63) is 17.8 Å². The lowest BCUT2D eigenvalue weighted by atomic mass is 10.2. The lowest BCUT2D eigenvalue weighted by Crippen LogP contribution is -2.17. The van der Waals surface area contributed by atoms with Gasteiger partial charge in [0, 0.05) is 6.54 Å². The topological polar surface area (TPSA) is 94.0 Å². The van der Waals surface area contributed by atoms with Gasteiger partial charge in [0.15, 0.2) is 0 Å². The van der Waals surface area contributed by atoms with E-state index in [1.807, 2.05) is 0 Å². The van der Waals surface area contributed by atoms with Crippen LogP contribution in [0.1, 0.15) is 23.2 Å². The molecule has 0 atom stereocenters. The molecule has 1 aliphatic carbocycles. The summed E-state index contributed by atoms with van der Waals surface area (Å²) in [6.07, 6.45) is 4.00. The molecule has 2 rings (SSSR count). The van der Waals surface area contributed by atoms with E-state index in [0.717, 1.165) is 6.54 Å². The maximum Gasteiger partial charge on any atom is 0.252 e. The van der Waals surface area contributed by atoms with E-state index in [9.17, 15) is 4.79 Å². The van der Waals surface area contributed by atoms with E-state index in [1.165, 1.54) is 19.0 Å². The smallest absolute Gasteiger partial charge is 0.252 e. The first-order valence-corrected chi connectivity index (χ1v) is 4.96. The van der Waals surface area contributed by atoms with Crippen molar-refractivity contribution in [1.29, 1.82) is 0 Å². The normalized spacial score (nSPS) is 14.9. The minimum atomic E-state index is -0.506. The van der Waals surface area contributed by atoms with Crippen LogP contribution in [-0.4, -0.2) is 17.4 Å². The maximum atomic E-state index is 11.1. The molecule has 5 heteroatoms. The van der Waals surface area contributed by atoms with Gasteiger partial charge in [-0.3, -0.25) is 4.79 Å². The largest absolute Gasteiger partial charge is 0.397 e. The van der Waals surface area contributed by atoms with Gasteiger partial charge in [0.2, 0.25) is 0 Å². The Labute approximate surface area is 87.9 Å². The average Bonchev–Trinajstić information content (AvgIpc) is 2.99. The summed E-state index contributed by atoms with van der Waals surface area (Å²) in [4.78, 5) is 15.2. The van der Waals surface area contributed by atoms with Crippen LogP contribution >= 0.6 is 0 Å². The van der Waals surface area contributed by atoms with Gasteiger partial charge in [-0.2, -0.15) is 0 Å². The van der Waals surface area contributed by atoms with Crippen LogP contribution in [-0.2, 0) is 0 Å². The number of hydrogen-bond acceptors (Lipinski definition) is 4. The standard InChI is InChI=1S/C10H14N4O/c11-7-3-8(9(12)15)10(14-5-7)13-4-6-1-2-6/h3,5-6H,1-2,4,11H2,(H2,12,15)(H,13,14). The lowest BCUT2D eigenvalue weighted by molar-refractivity contribution is 0.100. The Bertz CT molecular complexity index is 387. The lowest BCUT2D eigenvalue weighted by Gasteiger charge is -2.08. The number of rotatable bonds is 4. The Balaban J connectivity index is 2.15. The molecule has 5 nitrogen and oxygen atoms in total. The number of amides is 1. The fraction of sp³-hybridized carbons (Fsp3) is 0.400. The number of nitrogens with one attached hydrogen (secondary N) is 1. The summed E-state index contributed by atoms with van der Waals surface area (Å²) < 4.78 is 0. The molecule has 1 aromatic heterocycles. The van der Waals surface area contributed by atoms with E-state index >= 15 is 0 Å². The number of carbonyl (C=O) groups is 1. The van der Waals surface area contributed by atoms with Gasteiger partial charge in [-0.15, -0.1) is 0 Å². The summed E-state index contributed by atoms with van der Waals surface area (Å²) >= 11 is 0. The molecule has 0 aliphatic heterocycles. The highest BCUT2D eigenvalue weighted by Gasteiger charge is 2.21. The molecular formula is C10H14N4O. The molecule has 15 heavy (non-hydrogen) atoms. The molecule has 1 saturated carbocycles. The Morgan fingerprint density at radius 2 is 2.33 bits per heavy atom. The molecule has 0 saturated heterocycles. The van der Waals surface area contributed by atoms with Crippen LogP contribution < -0.4 is 16.8 Å². The predicted molar refractivity (Wildman–Crippen MR) is 58.4 cm³/mol. The fourth-order valence-electron chi connectivity index (χ4n) is 1.37. The van der Waals surface area contributed by atoms with E-state index < -0.39 is 5.91 Å². The molecule has 0 aromatic carbocycles. The molecule has 80 valence electrons. The number of nitrogen functional groups attached to an aromatic ring is 1. The van der Waals surface area contributed by atoms with Gasteiger partial charge in [-0.05, 0) is 24.8 Å². The minimum Gasteiger partial charge on any atom is -0.397 e. The Morgan fingerprint density at radius 1 is 1.60 bits per heavy atom. The molecular weight excluding hydrogens is 192 g/mol. The van der Waals surface area contributed by atoms with Crippen molar-refractivity contribution in [2.75, 3.05) is 17.6 Å². The molecule has 0 spiro atoms. The Hall–Kier alpha value is -1.78. The van der Waals surface area contributed by atoms with Crippen LogP contribution in [0.4, 0.5) is 11.5 Å². The van der Waals surface area contributed by atoms with Gasteiger partial charge in [0.25, 0.3) is 5.91 Å². The highest BCUT2D eigenvalue weighted by Crippen LogP contribution is 2.29. The summed E-state index contributed by atoms with van der Waals surface area (Å²) in [6, 6.07) is 1.55. The monoisotopic (exact) mass is 206 g/mol. The first kappa shape index (κ1) is 9.76. The summed E-state index contributed by atoms with van der Waals surface area (Å²) in [7, 11) is 0. The van der Waals surface area contributed by atoms with Crippen molar-refractivity contribution in [3.63, 3.8) is 0 Å². The number of anilines is 2. The van der Waals surface area contributed by atoms with E-state index in [0.29, 0.717) is 23.0 Å². The molecule has 1 heterocycles. The summed E-state index contributed by atoms with van der Waals surface area (Å²) in [5, 5.41) is 3.12. The predicted octanol–water partition coefficient (Wildman–Crippen LogP) is 0.585. The third-order valence-electron chi connectivity index (χ3n) is 2.43. The second-order valence-electron chi connectivity index (χ2n) is 3.85. The van der Waals surface area contributed by atoms with Crippen LogP contribution in [0, 0.1) is 5.92 Å². The van der Waals surface area contributed by atoms with Crippen molar-refractivity contribution in [3.8, 4) is 0 Å². The average molecular weight is 206 g/mol. The zero-order chi connectivity index (χ0) is 10.8. The van der Waals surface area contributed by atoms with E-state index in [2.05, 4.69) is 10.3 Å². The fourth-order valence-corrected chi connectivity index (χ4v) is 1.37. The summed E-state index contributed by atoms with van der Waals surface area (Å²) in [5.74, 6) is 0.738. The third kappa shape index (κ3) is 2.37. The number of nitrogens with zero attached hydrogens (tertiary/aromatic N) is 1. The second-order valence-corrected chi connectivity index (χ2v) is 3.85. The van der Waals surface area contributed by atoms with E-state index in [1.54, 1.807) is 6.07 Å². The molecule has 0 bridgehead atoms. The second kappa shape index (κ2) is 3.76. The van der Waals surface area contributed by atoms with E-state index in [4.69, 9.17) is 11.5 Å². The maximum absolute atomic E-state index is 11.1. The SMILES string of the molecule is NC(=O)c1cc(N)cnc1NCC1CC1. The summed E-state index contributed by atoms with van der Waals surface area (Å²) in [6.45, 7) is 0.844. The van der Waals surface area contributed by atoms with Gasteiger partial charge in [0.1, 0.15) is 5.82 Å². The van der Waals surface area contributed by atoms with Crippen molar-refractivity contribution in [2.45, 2.75) is 12.8 Å². The van der Waals surface area contributed by atoms with Crippen LogP contribution in [0.5, 0.6) is 0 Å². The quantitative estimate of drug-likeness (QED) is 0.671. The van der Waals surface area contributed by atoms with E-state index in [-0.39, 0.29) is 0 Å². The van der Waals surface area contributed by atoms with Crippen LogP contribution in [0.15, 0.2) is 12.3 Å². The van der Waals surface area contributed by atoms with Gasteiger partial charge >= 0.3 is 0 Å². The first-order chi connectivity index (χ1) is 7.16.